The molecule has 2 atom stereocenters. The van der Waals surface area contributed by atoms with Gasteiger partial charge in [0.15, 0.2) is 9.84 Å². The molecule has 2 aliphatic rings. The van der Waals surface area contributed by atoms with Gasteiger partial charge in [-0.2, -0.15) is 0 Å². The summed E-state index contributed by atoms with van der Waals surface area (Å²) in [7, 11) is -2.99. The molecule has 2 rings (SSSR count). The van der Waals surface area contributed by atoms with Crippen molar-refractivity contribution in [1.29, 1.82) is 0 Å². The fourth-order valence-electron chi connectivity index (χ4n) is 3.50. The maximum absolute atomic E-state index is 11.6. The topological polar surface area (TPSA) is 83.8 Å². The van der Waals surface area contributed by atoms with Gasteiger partial charge in [-0.1, -0.05) is 6.42 Å². The molecule has 0 bridgehead atoms. The van der Waals surface area contributed by atoms with Crippen LogP contribution in [0.3, 0.4) is 0 Å². The van der Waals surface area contributed by atoms with Gasteiger partial charge in [0.25, 0.3) is 0 Å². The first-order valence-corrected chi connectivity index (χ1v) is 9.37. The highest BCUT2D eigenvalue weighted by molar-refractivity contribution is 7.91. The summed E-state index contributed by atoms with van der Waals surface area (Å²) in [5.74, 6) is 0.172. The Morgan fingerprint density at radius 2 is 1.95 bits per heavy atom. The van der Waals surface area contributed by atoms with Gasteiger partial charge in [0.1, 0.15) is 0 Å². The summed E-state index contributed by atoms with van der Waals surface area (Å²) in [6.45, 7) is 0.543. The van der Waals surface area contributed by atoms with Gasteiger partial charge in [-0.15, -0.1) is 0 Å². The quantitative estimate of drug-likeness (QED) is 0.725. The van der Waals surface area contributed by atoms with Crippen LogP contribution in [0, 0.1) is 11.3 Å². The Hall–Kier alpha value is -0.170. The maximum Gasteiger partial charge on any atom is 0.150 e. The summed E-state index contributed by atoms with van der Waals surface area (Å²) in [4.78, 5) is 0. The lowest BCUT2D eigenvalue weighted by Gasteiger charge is -2.35. The molecule has 2 unspecified atom stereocenters. The lowest BCUT2D eigenvalue weighted by Crippen LogP contribution is -2.39. The van der Waals surface area contributed by atoms with E-state index in [0.29, 0.717) is 18.9 Å². The third-order valence-electron chi connectivity index (χ3n) is 4.95. The van der Waals surface area contributed by atoms with Crippen LogP contribution in [0.4, 0.5) is 0 Å². The highest BCUT2D eigenvalue weighted by atomic mass is 32.2. The van der Waals surface area contributed by atoms with Crippen LogP contribution in [-0.2, 0) is 14.6 Å². The smallest absolute Gasteiger partial charge is 0.150 e. The zero-order valence-corrected chi connectivity index (χ0v) is 12.8. The second-order valence-corrected chi connectivity index (χ2v) is 8.53. The van der Waals surface area contributed by atoms with E-state index in [1.807, 2.05) is 0 Å². The normalized spacial score (nSPS) is 29.9. The molecule has 0 aromatic heterocycles. The number of hydrogen-bond acceptors (Lipinski definition) is 5. The van der Waals surface area contributed by atoms with Crippen molar-refractivity contribution in [2.24, 2.45) is 11.3 Å². The maximum atomic E-state index is 11.6. The minimum atomic E-state index is -2.99. The van der Waals surface area contributed by atoms with Crippen LogP contribution in [0.1, 0.15) is 38.5 Å². The van der Waals surface area contributed by atoms with E-state index in [-0.39, 0.29) is 30.6 Å². The van der Waals surface area contributed by atoms with E-state index < -0.39 is 15.3 Å². The lowest BCUT2D eigenvalue weighted by atomic mass is 9.72. The molecular formula is C14H26O5S. The Morgan fingerprint density at radius 3 is 2.45 bits per heavy atom. The van der Waals surface area contributed by atoms with Gasteiger partial charge in [0.2, 0.25) is 0 Å². The van der Waals surface area contributed by atoms with E-state index >= 15 is 0 Å². The number of rotatable bonds is 7. The average molecular weight is 306 g/mol. The molecule has 0 radical (unpaired) electrons. The SMILES string of the molecule is O=S1(=O)CCC(C(CO)(CO)CCCC2CCCO2)C1. The molecule has 118 valence electrons. The van der Waals surface area contributed by atoms with Crippen LogP contribution >= 0.6 is 0 Å². The first kappa shape index (κ1) is 16.2. The van der Waals surface area contributed by atoms with Gasteiger partial charge in [0, 0.05) is 12.0 Å². The van der Waals surface area contributed by atoms with Crippen molar-refractivity contribution in [2.45, 2.75) is 44.6 Å². The van der Waals surface area contributed by atoms with Gasteiger partial charge >= 0.3 is 0 Å². The van der Waals surface area contributed by atoms with Crippen molar-refractivity contribution in [3.05, 3.63) is 0 Å². The monoisotopic (exact) mass is 306 g/mol. The third kappa shape index (κ3) is 3.72. The van der Waals surface area contributed by atoms with Crippen molar-refractivity contribution in [3.63, 3.8) is 0 Å². The zero-order valence-electron chi connectivity index (χ0n) is 12.0. The molecule has 2 N–H and O–H groups in total. The minimum Gasteiger partial charge on any atom is -0.396 e. The van der Waals surface area contributed by atoms with Gasteiger partial charge in [0.05, 0.1) is 30.8 Å². The second-order valence-electron chi connectivity index (χ2n) is 6.31. The van der Waals surface area contributed by atoms with E-state index in [2.05, 4.69) is 0 Å². The highest BCUT2D eigenvalue weighted by Crippen LogP contribution is 2.40. The predicted molar refractivity (Wildman–Crippen MR) is 76.2 cm³/mol. The Balaban J connectivity index is 1.90. The van der Waals surface area contributed by atoms with E-state index in [1.165, 1.54) is 0 Å². The molecule has 0 aliphatic carbocycles. The third-order valence-corrected chi connectivity index (χ3v) is 6.72. The minimum absolute atomic E-state index is 0.105. The fraction of sp³-hybridized carbons (Fsp3) is 1.00. The van der Waals surface area contributed by atoms with Gasteiger partial charge < -0.3 is 14.9 Å². The number of aliphatic hydroxyl groups excluding tert-OH is 2. The van der Waals surface area contributed by atoms with Gasteiger partial charge in [-0.25, -0.2) is 8.42 Å². The van der Waals surface area contributed by atoms with Crippen LogP contribution in [0.25, 0.3) is 0 Å². The summed E-state index contributed by atoms with van der Waals surface area (Å²) < 4.78 is 28.8. The average Bonchev–Trinajstić information content (AvgIpc) is 3.05. The van der Waals surface area contributed by atoms with Crippen molar-refractivity contribution in [3.8, 4) is 0 Å². The number of ether oxygens (including phenoxy) is 1. The second kappa shape index (κ2) is 6.73. The molecule has 2 heterocycles. The molecule has 6 heteroatoms. The Kier molecular flexibility index (Phi) is 5.45. The largest absolute Gasteiger partial charge is 0.396 e. The molecule has 0 aromatic rings. The summed E-state index contributed by atoms with van der Waals surface area (Å²) in [6.07, 6.45) is 5.52. The molecule has 2 aliphatic heterocycles. The van der Waals surface area contributed by atoms with E-state index in [1.54, 1.807) is 0 Å². The summed E-state index contributed by atoms with van der Waals surface area (Å²) in [5.41, 5.74) is -0.651. The fourth-order valence-corrected chi connectivity index (χ4v) is 5.45. The summed E-state index contributed by atoms with van der Waals surface area (Å²) in [6, 6.07) is 0. The lowest BCUT2D eigenvalue weighted by molar-refractivity contribution is -0.000384. The summed E-state index contributed by atoms with van der Waals surface area (Å²) in [5, 5.41) is 19.4. The van der Waals surface area contributed by atoms with Crippen molar-refractivity contribution >= 4 is 9.84 Å². The number of aliphatic hydroxyl groups is 2. The number of sulfone groups is 1. The Morgan fingerprint density at radius 1 is 1.20 bits per heavy atom. The van der Waals surface area contributed by atoms with E-state index in [4.69, 9.17) is 4.74 Å². The number of hydrogen-bond donors (Lipinski definition) is 2. The van der Waals surface area contributed by atoms with Crippen LogP contribution in [0.15, 0.2) is 0 Å². The molecule has 2 saturated heterocycles. The molecule has 2 fully saturated rings. The van der Waals surface area contributed by atoms with E-state index in [9.17, 15) is 18.6 Å². The Bertz CT molecular complexity index is 396. The van der Waals surface area contributed by atoms with Crippen molar-refractivity contribution in [2.75, 3.05) is 31.3 Å². The zero-order chi connectivity index (χ0) is 14.6. The van der Waals surface area contributed by atoms with Gasteiger partial charge in [-0.3, -0.25) is 0 Å². The van der Waals surface area contributed by atoms with Crippen LogP contribution < -0.4 is 0 Å². The highest BCUT2D eigenvalue weighted by Gasteiger charge is 2.43. The van der Waals surface area contributed by atoms with E-state index in [0.717, 1.165) is 32.3 Å². The molecule has 0 saturated carbocycles. The predicted octanol–water partition coefficient (Wildman–Crippen LogP) is 0.741. The van der Waals surface area contributed by atoms with Crippen LogP contribution in [-0.4, -0.2) is 56.1 Å². The molecule has 0 aromatic carbocycles. The Labute approximate surface area is 121 Å². The van der Waals surface area contributed by atoms with Crippen LogP contribution in [0.5, 0.6) is 0 Å². The molecular weight excluding hydrogens is 280 g/mol. The first-order chi connectivity index (χ1) is 9.51. The summed E-state index contributed by atoms with van der Waals surface area (Å²) >= 11 is 0. The molecule has 0 spiro atoms. The molecule has 0 amide bonds. The first-order valence-electron chi connectivity index (χ1n) is 7.55. The standard InChI is InChI=1S/C14H26O5S/c15-10-14(11-16,12-5-8-20(17,18)9-12)6-1-3-13-4-2-7-19-13/h12-13,15-16H,1-11H2. The molecule has 5 nitrogen and oxygen atoms in total. The molecule has 20 heavy (non-hydrogen) atoms. The van der Waals surface area contributed by atoms with Crippen LogP contribution in [0.2, 0.25) is 0 Å². The van der Waals surface area contributed by atoms with Crippen molar-refractivity contribution < 1.29 is 23.4 Å². The van der Waals surface area contributed by atoms with Crippen molar-refractivity contribution in [1.82, 2.24) is 0 Å². The van der Waals surface area contributed by atoms with Gasteiger partial charge in [-0.05, 0) is 38.0 Å².